The first kappa shape index (κ1) is 17.5. The van der Waals surface area contributed by atoms with Gasteiger partial charge < -0.3 is 10.0 Å². The van der Waals surface area contributed by atoms with Crippen molar-refractivity contribution in [2.24, 2.45) is 5.92 Å². The Morgan fingerprint density at radius 1 is 1.44 bits per heavy atom. The van der Waals surface area contributed by atoms with Crippen LogP contribution < -0.4 is 0 Å². The van der Waals surface area contributed by atoms with Gasteiger partial charge in [-0.1, -0.05) is 12.1 Å². The van der Waals surface area contributed by atoms with Crippen molar-refractivity contribution in [2.75, 3.05) is 13.1 Å². The molecule has 3 rings (SSSR count). The van der Waals surface area contributed by atoms with Gasteiger partial charge in [-0.3, -0.25) is 4.79 Å². The van der Waals surface area contributed by atoms with Gasteiger partial charge in [0.1, 0.15) is 11.6 Å². The molecular weight excluding hydrogens is 325 g/mol. The summed E-state index contributed by atoms with van der Waals surface area (Å²) < 4.78 is 14.9. The second-order valence-electron chi connectivity index (χ2n) is 6.49. The molecule has 1 N–H and O–H groups in total. The van der Waals surface area contributed by atoms with Crippen LogP contribution in [0, 0.1) is 18.7 Å². The molecule has 0 radical (unpaired) electrons. The molecule has 7 nitrogen and oxygen atoms in total. The number of aromatic nitrogens is 4. The van der Waals surface area contributed by atoms with Crippen molar-refractivity contribution < 1.29 is 14.3 Å². The quantitative estimate of drug-likeness (QED) is 0.871. The van der Waals surface area contributed by atoms with E-state index in [0.29, 0.717) is 44.7 Å². The number of carbonyl (C=O) groups excluding carboxylic acids is 1. The molecule has 1 aromatic carbocycles. The van der Waals surface area contributed by atoms with Gasteiger partial charge in [0.15, 0.2) is 0 Å². The minimum absolute atomic E-state index is 0.0195. The number of hydrogen-bond donors (Lipinski definition) is 1. The van der Waals surface area contributed by atoms with Crippen LogP contribution in [0.5, 0.6) is 0 Å². The Morgan fingerprint density at radius 3 is 3.00 bits per heavy atom. The molecule has 0 bridgehead atoms. The molecular formula is C17H22FN5O2. The van der Waals surface area contributed by atoms with E-state index in [-0.39, 0.29) is 17.6 Å². The highest BCUT2D eigenvalue weighted by Gasteiger charge is 2.30. The number of tetrazole rings is 1. The van der Waals surface area contributed by atoms with E-state index in [1.165, 1.54) is 12.1 Å². The normalized spacial score (nSPS) is 20.7. The second-order valence-corrected chi connectivity index (χ2v) is 6.49. The number of aliphatic hydroxyl groups is 1. The topological polar surface area (TPSA) is 84.1 Å². The Morgan fingerprint density at radius 2 is 2.28 bits per heavy atom. The fraction of sp³-hybridized carbons (Fsp3) is 0.529. The molecule has 2 aromatic rings. The van der Waals surface area contributed by atoms with Gasteiger partial charge >= 0.3 is 0 Å². The lowest BCUT2D eigenvalue weighted by atomic mass is 9.88. The lowest BCUT2D eigenvalue weighted by molar-refractivity contribution is -0.135. The van der Waals surface area contributed by atoms with Crippen LogP contribution in [0.15, 0.2) is 24.3 Å². The zero-order valence-electron chi connectivity index (χ0n) is 14.2. The van der Waals surface area contributed by atoms with E-state index in [9.17, 15) is 14.3 Å². The fourth-order valence-corrected chi connectivity index (χ4v) is 3.23. The highest BCUT2D eigenvalue weighted by atomic mass is 19.1. The van der Waals surface area contributed by atoms with Crippen molar-refractivity contribution in [2.45, 2.75) is 38.8 Å². The van der Waals surface area contributed by atoms with E-state index in [4.69, 9.17) is 0 Å². The minimum atomic E-state index is -0.478. The molecule has 2 heterocycles. The average Bonchev–Trinajstić information content (AvgIpc) is 3.00. The molecule has 1 amide bonds. The van der Waals surface area contributed by atoms with Crippen LogP contribution >= 0.6 is 0 Å². The van der Waals surface area contributed by atoms with Crippen molar-refractivity contribution in [1.29, 1.82) is 0 Å². The predicted octanol–water partition coefficient (Wildman–Crippen LogP) is 0.963. The van der Waals surface area contributed by atoms with Crippen LogP contribution in [0.4, 0.5) is 4.39 Å². The van der Waals surface area contributed by atoms with Gasteiger partial charge in [-0.2, -0.15) is 0 Å². The Bertz CT molecular complexity index is 735. The number of amides is 1. The van der Waals surface area contributed by atoms with Crippen LogP contribution in [-0.2, 0) is 17.8 Å². The van der Waals surface area contributed by atoms with E-state index >= 15 is 0 Å². The molecule has 1 aliphatic rings. The lowest BCUT2D eigenvalue weighted by Gasteiger charge is -2.36. The lowest BCUT2D eigenvalue weighted by Crippen LogP contribution is -2.46. The van der Waals surface area contributed by atoms with E-state index in [1.807, 2.05) is 6.07 Å². The van der Waals surface area contributed by atoms with Gasteiger partial charge in [0.25, 0.3) is 0 Å². The molecule has 1 aliphatic heterocycles. The van der Waals surface area contributed by atoms with Crippen LogP contribution in [0.3, 0.4) is 0 Å². The minimum Gasteiger partial charge on any atom is -0.393 e. The zero-order valence-corrected chi connectivity index (χ0v) is 14.2. The fourth-order valence-electron chi connectivity index (χ4n) is 3.23. The summed E-state index contributed by atoms with van der Waals surface area (Å²) in [5.41, 5.74) is 0.836. The molecule has 1 saturated heterocycles. The van der Waals surface area contributed by atoms with Crippen LogP contribution in [0.2, 0.25) is 0 Å². The first-order valence-electron chi connectivity index (χ1n) is 8.46. The molecule has 0 spiro atoms. The van der Waals surface area contributed by atoms with Gasteiger partial charge in [0, 0.05) is 25.4 Å². The summed E-state index contributed by atoms with van der Waals surface area (Å²) in [6.45, 7) is 3.24. The van der Waals surface area contributed by atoms with E-state index in [0.717, 1.165) is 5.56 Å². The van der Waals surface area contributed by atoms with Gasteiger partial charge in [-0.05, 0) is 47.9 Å². The maximum atomic E-state index is 13.3. The third-order valence-corrected chi connectivity index (χ3v) is 4.68. The number of benzene rings is 1. The number of carbonyl (C=O) groups is 1. The summed E-state index contributed by atoms with van der Waals surface area (Å²) in [4.78, 5) is 14.2. The molecule has 0 saturated carbocycles. The molecule has 25 heavy (non-hydrogen) atoms. The van der Waals surface area contributed by atoms with Crippen LogP contribution in [0.1, 0.15) is 24.2 Å². The summed E-state index contributed by atoms with van der Waals surface area (Å²) in [5, 5.41) is 21.4. The summed E-state index contributed by atoms with van der Waals surface area (Å²) in [7, 11) is 0. The maximum Gasteiger partial charge on any atom is 0.224 e. The number of aliphatic hydroxyl groups excluding tert-OH is 1. The Hall–Kier alpha value is -2.35. The van der Waals surface area contributed by atoms with Crippen molar-refractivity contribution in [3.8, 4) is 0 Å². The number of likely N-dealkylation sites (tertiary alicyclic amines) is 1. The molecule has 2 atom stereocenters. The number of aryl methyl sites for hydroxylation is 2. The first-order valence-corrected chi connectivity index (χ1v) is 8.46. The van der Waals surface area contributed by atoms with Crippen LogP contribution in [0.25, 0.3) is 0 Å². The van der Waals surface area contributed by atoms with E-state index in [1.54, 1.807) is 22.6 Å². The highest BCUT2D eigenvalue weighted by molar-refractivity contribution is 5.76. The van der Waals surface area contributed by atoms with Crippen molar-refractivity contribution >= 4 is 5.91 Å². The first-order chi connectivity index (χ1) is 12.0. The zero-order chi connectivity index (χ0) is 17.8. The van der Waals surface area contributed by atoms with Crippen molar-refractivity contribution in [3.05, 3.63) is 41.5 Å². The molecule has 1 aromatic heterocycles. The summed E-state index contributed by atoms with van der Waals surface area (Å²) in [5.74, 6) is 0.318. The standard InChI is InChI=1S/C17H22FN5O2/c1-12-19-20-21-23(12)8-6-17(25)22-7-5-16(24)14(11-22)9-13-3-2-4-15(18)10-13/h2-4,10,14,16,24H,5-9,11H2,1H3/t14-,16+/m1/s1. The number of nitrogens with zero attached hydrogens (tertiary/aromatic N) is 5. The van der Waals surface area contributed by atoms with Gasteiger partial charge in [0.05, 0.1) is 12.6 Å². The number of piperidine rings is 1. The Balaban J connectivity index is 1.57. The summed E-state index contributed by atoms with van der Waals surface area (Å²) in [6.07, 6.45) is 0.924. The van der Waals surface area contributed by atoms with Gasteiger partial charge in [-0.15, -0.1) is 5.10 Å². The average molecular weight is 347 g/mol. The van der Waals surface area contributed by atoms with Gasteiger partial charge in [-0.25, -0.2) is 9.07 Å². The molecule has 1 fully saturated rings. The largest absolute Gasteiger partial charge is 0.393 e. The number of halogens is 1. The monoisotopic (exact) mass is 347 g/mol. The van der Waals surface area contributed by atoms with E-state index < -0.39 is 6.10 Å². The van der Waals surface area contributed by atoms with Crippen molar-refractivity contribution in [3.63, 3.8) is 0 Å². The van der Waals surface area contributed by atoms with Crippen molar-refractivity contribution in [1.82, 2.24) is 25.1 Å². The SMILES string of the molecule is Cc1nnnn1CCC(=O)N1CC[C@H](O)[C@H](Cc2cccc(F)c2)C1. The predicted molar refractivity (Wildman–Crippen MR) is 88.0 cm³/mol. The Kier molecular flexibility index (Phi) is 5.37. The molecule has 0 aliphatic carbocycles. The molecule has 134 valence electrons. The van der Waals surface area contributed by atoms with Crippen LogP contribution in [-0.4, -0.2) is 55.3 Å². The summed E-state index contributed by atoms with van der Waals surface area (Å²) in [6, 6.07) is 6.39. The Labute approximate surface area is 145 Å². The number of rotatable bonds is 5. The smallest absolute Gasteiger partial charge is 0.224 e. The van der Waals surface area contributed by atoms with E-state index in [2.05, 4.69) is 15.5 Å². The third-order valence-electron chi connectivity index (χ3n) is 4.68. The second kappa shape index (κ2) is 7.69. The van der Waals surface area contributed by atoms with Gasteiger partial charge in [0.2, 0.25) is 5.91 Å². The third kappa shape index (κ3) is 4.39. The maximum absolute atomic E-state index is 13.3. The highest BCUT2D eigenvalue weighted by Crippen LogP contribution is 2.22. The molecule has 8 heteroatoms. The molecule has 0 unspecified atom stereocenters. The number of hydrogen-bond acceptors (Lipinski definition) is 5. The summed E-state index contributed by atoms with van der Waals surface area (Å²) >= 11 is 0.